The average molecular weight is 396 g/mol. The highest BCUT2D eigenvalue weighted by Gasteiger charge is 2.21. The standard InChI is InChI=1S/C20H28N8O/c1-26(2)17-7-5-16(6-8-17)15-21-25-18-22-19(27-9-3-4-10-27)24-20(23-18)28-11-13-29-14-12-28/h5-8,15H,3-4,9-14H2,1-2H3,(H,22,23,24,25). The van der Waals surface area contributed by atoms with Gasteiger partial charge in [-0.25, -0.2) is 5.43 Å². The van der Waals surface area contributed by atoms with E-state index in [9.17, 15) is 0 Å². The minimum atomic E-state index is 0.463. The van der Waals surface area contributed by atoms with Crippen molar-refractivity contribution in [3.8, 4) is 0 Å². The van der Waals surface area contributed by atoms with E-state index in [0.717, 1.165) is 37.4 Å². The topological polar surface area (TPSA) is 82.0 Å². The van der Waals surface area contributed by atoms with Gasteiger partial charge in [-0.15, -0.1) is 0 Å². The first kappa shape index (κ1) is 19.4. The Hall–Kier alpha value is -2.94. The van der Waals surface area contributed by atoms with E-state index >= 15 is 0 Å². The summed E-state index contributed by atoms with van der Waals surface area (Å²) in [6, 6.07) is 8.18. The van der Waals surface area contributed by atoms with Gasteiger partial charge in [0.05, 0.1) is 19.4 Å². The molecule has 0 radical (unpaired) electrons. The summed E-state index contributed by atoms with van der Waals surface area (Å²) < 4.78 is 5.45. The molecule has 2 saturated heterocycles. The zero-order valence-electron chi connectivity index (χ0n) is 17.1. The molecule has 2 aliphatic heterocycles. The van der Waals surface area contributed by atoms with Gasteiger partial charge in [0.25, 0.3) is 0 Å². The zero-order chi connectivity index (χ0) is 20.1. The predicted octanol–water partition coefficient (Wildman–Crippen LogP) is 1.82. The molecule has 0 aliphatic carbocycles. The Labute approximate surface area is 171 Å². The molecule has 2 aliphatic rings. The van der Waals surface area contributed by atoms with Gasteiger partial charge in [0.15, 0.2) is 0 Å². The second kappa shape index (κ2) is 9.04. The van der Waals surface area contributed by atoms with Gasteiger partial charge >= 0.3 is 0 Å². The second-order valence-electron chi connectivity index (χ2n) is 7.41. The number of morpholine rings is 1. The number of hydrogen-bond acceptors (Lipinski definition) is 9. The summed E-state index contributed by atoms with van der Waals surface area (Å²) in [7, 11) is 4.05. The van der Waals surface area contributed by atoms with Crippen LogP contribution in [0.5, 0.6) is 0 Å². The fourth-order valence-electron chi connectivity index (χ4n) is 3.39. The van der Waals surface area contributed by atoms with Crippen LogP contribution in [0.2, 0.25) is 0 Å². The predicted molar refractivity (Wildman–Crippen MR) is 116 cm³/mol. The van der Waals surface area contributed by atoms with E-state index < -0.39 is 0 Å². The van der Waals surface area contributed by atoms with Crippen LogP contribution in [0.3, 0.4) is 0 Å². The van der Waals surface area contributed by atoms with Gasteiger partial charge in [-0.2, -0.15) is 20.1 Å². The van der Waals surface area contributed by atoms with E-state index in [1.807, 2.05) is 26.2 Å². The maximum Gasteiger partial charge on any atom is 0.250 e. The van der Waals surface area contributed by atoms with Crippen LogP contribution in [0.15, 0.2) is 29.4 Å². The molecule has 0 saturated carbocycles. The summed E-state index contributed by atoms with van der Waals surface area (Å²) in [4.78, 5) is 20.3. The third-order valence-corrected chi connectivity index (χ3v) is 5.08. The fraction of sp³-hybridized carbons (Fsp3) is 0.500. The van der Waals surface area contributed by atoms with Gasteiger partial charge in [0.2, 0.25) is 17.8 Å². The highest BCUT2D eigenvalue weighted by Crippen LogP contribution is 2.21. The molecular weight excluding hydrogens is 368 g/mol. The van der Waals surface area contributed by atoms with E-state index in [0.29, 0.717) is 31.1 Å². The van der Waals surface area contributed by atoms with Crippen molar-refractivity contribution < 1.29 is 4.74 Å². The second-order valence-corrected chi connectivity index (χ2v) is 7.41. The third kappa shape index (κ3) is 4.92. The van der Waals surface area contributed by atoms with Gasteiger partial charge in [-0.05, 0) is 30.5 Å². The van der Waals surface area contributed by atoms with Crippen molar-refractivity contribution in [3.05, 3.63) is 29.8 Å². The Bertz CT molecular complexity index is 827. The first-order valence-corrected chi connectivity index (χ1v) is 10.1. The summed E-state index contributed by atoms with van der Waals surface area (Å²) in [5, 5.41) is 4.34. The highest BCUT2D eigenvalue weighted by atomic mass is 16.5. The first-order chi connectivity index (χ1) is 14.2. The van der Waals surface area contributed by atoms with Crippen LogP contribution in [-0.2, 0) is 4.74 Å². The van der Waals surface area contributed by atoms with Crippen molar-refractivity contribution in [1.82, 2.24) is 15.0 Å². The van der Waals surface area contributed by atoms with Crippen molar-refractivity contribution >= 4 is 29.7 Å². The number of benzene rings is 1. The minimum absolute atomic E-state index is 0.463. The normalized spacial score (nSPS) is 17.2. The maximum atomic E-state index is 5.45. The monoisotopic (exact) mass is 396 g/mol. The number of hydrogen-bond donors (Lipinski definition) is 1. The van der Waals surface area contributed by atoms with Crippen LogP contribution in [0, 0.1) is 0 Å². The number of ether oxygens (including phenoxy) is 1. The van der Waals surface area contributed by atoms with E-state index in [1.165, 1.54) is 12.8 Å². The maximum absolute atomic E-state index is 5.45. The van der Waals surface area contributed by atoms with Crippen LogP contribution in [0.25, 0.3) is 0 Å². The number of nitrogens with one attached hydrogen (secondary N) is 1. The van der Waals surface area contributed by atoms with E-state index in [1.54, 1.807) is 6.21 Å². The Morgan fingerprint density at radius 2 is 1.55 bits per heavy atom. The fourth-order valence-corrected chi connectivity index (χ4v) is 3.39. The summed E-state index contributed by atoms with van der Waals surface area (Å²) in [6.07, 6.45) is 4.11. The van der Waals surface area contributed by atoms with Gasteiger partial charge < -0.3 is 19.4 Å². The largest absolute Gasteiger partial charge is 0.378 e. The van der Waals surface area contributed by atoms with Crippen molar-refractivity contribution in [2.24, 2.45) is 5.10 Å². The van der Waals surface area contributed by atoms with Crippen molar-refractivity contribution in [2.75, 3.05) is 73.6 Å². The summed E-state index contributed by atoms with van der Waals surface area (Å²) in [5.41, 5.74) is 5.14. The summed E-state index contributed by atoms with van der Waals surface area (Å²) >= 11 is 0. The quantitative estimate of drug-likeness (QED) is 0.585. The summed E-state index contributed by atoms with van der Waals surface area (Å²) in [5.74, 6) is 1.86. The molecular formula is C20H28N8O. The lowest BCUT2D eigenvalue weighted by Gasteiger charge is -2.27. The molecule has 0 spiro atoms. The molecule has 0 atom stereocenters. The van der Waals surface area contributed by atoms with Crippen molar-refractivity contribution in [3.63, 3.8) is 0 Å². The number of hydrazone groups is 1. The van der Waals surface area contributed by atoms with Crippen molar-refractivity contribution in [1.29, 1.82) is 0 Å². The van der Waals surface area contributed by atoms with Gasteiger partial charge in [-0.3, -0.25) is 0 Å². The molecule has 29 heavy (non-hydrogen) atoms. The number of aromatic nitrogens is 3. The van der Waals surface area contributed by atoms with Crippen LogP contribution in [0.1, 0.15) is 18.4 Å². The Morgan fingerprint density at radius 3 is 2.17 bits per heavy atom. The highest BCUT2D eigenvalue weighted by molar-refractivity contribution is 5.80. The molecule has 1 N–H and O–H groups in total. The number of nitrogens with zero attached hydrogens (tertiary/aromatic N) is 7. The molecule has 1 aromatic heterocycles. The third-order valence-electron chi connectivity index (χ3n) is 5.08. The summed E-state index contributed by atoms with van der Waals surface area (Å²) in [6.45, 7) is 4.90. The minimum Gasteiger partial charge on any atom is -0.378 e. The molecule has 9 heteroatoms. The number of rotatable bonds is 6. The molecule has 2 fully saturated rings. The van der Waals surface area contributed by atoms with Gasteiger partial charge in [0.1, 0.15) is 0 Å². The first-order valence-electron chi connectivity index (χ1n) is 10.1. The van der Waals surface area contributed by atoms with Crippen LogP contribution >= 0.6 is 0 Å². The average Bonchev–Trinajstić information content (AvgIpc) is 3.30. The molecule has 154 valence electrons. The number of anilines is 4. The van der Waals surface area contributed by atoms with Crippen LogP contribution in [0.4, 0.5) is 23.5 Å². The molecule has 0 amide bonds. The Morgan fingerprint density at radius 1 is 0.931 bits per heavy atom. The van der Waals surface area contributed by atoms with Crippen LogP contribution in [-0.4, -0.2) is 74.7 Å². The lowest BCUT2D eigenvalue weighted by atomic mass is 10.2. The molecule has 9 nitrogen and oxygen atoms in total. The molecule has 3 heterocycles. The van der Waals surface area contributed by atoms with Crippen LogP contribution < -0.4 is 20.1 Å². The lowest BCUT2D eigenvalue weighted by Crippen LogP contribution is -2.38. The Kier molecular flexibility index (Phi) is 6.04. The molecule has 2 aromatic rings. The zero-order valence-corrected chi connectivity index (χ0v) is 17.1. The molecule has 0 bridgehead atoms. The molecule has 4 rings (SSSR count). The van der Waals surface area contributed by atoms with E-state index in [2.05, 4.69) is 47.3 Å². The smallest absolute Gasteiger partial charge is 0.250 e. The lowest BCUT2D eigenvalue weighted by molar-refractivity contribution is 0.122. The Balaban J connectivity index is 1.51. The van der Waals surface area contributed by atoms with E-state index in [4.69, 9.17) is 9.72 Å². The van der Waals surface area contributed by atoms with Gasteiger partial charge in [0, 0.05) is 46.0 Å². The van der Waals surface area contributed by atoms with Crippen molar-refractivity contribution in [2.45, 2.75) is 12.8 Å². The van der Waals surface area contributed by atoms with Gasteiger partial charge in [-0.1, -0.05) is 12.1 Å². The molecule has 0 unspecified atom stereocenters. The SMILES string of the molecule is CN(C)c1ccc(C=NNc2nc(N3CCCC3)nc(N3CCOCC3)n2)cc1. The molecule has 1 aromatic carbocycles. The van der Waals surface area contributed by atoms with E-state index in [-0.39, 0.29) is 0 Å².